The first-order chi connectivity index (χ1) is 7.15. The maximum atomic E-state index is 9.85. The van der Waals surface area contributed by atoms with Crippen molar-refractivity contribution in [2.75, 3.05) is 27.9 Å². The van der Waals surface area contributed by atoms with Gasteiger partial charge in [-0.1, -0.05) is 0 Å². The molecule has 0 amide bonds. The van der Waals surface area contributed by atoms with Crippen LogP contribution in [-0.2, 0) is 18.9 Å². The molecule has 0 unspecified atom stereocenters. The van der Waals surface area contributed by atoms with E-state index < -0.39 is 30.7 Å². The summed E-state index contributed by atoms with van der Waals surface area (Å²) < 4.78 is 20.2. The first-order valence-electron chi connectivity index (χ1n) is 4.71. The van der Waals surface area contributed by atoms with Gasteiger partial charge >= 0.3 is 0 Å². The third-order valence-corrected chi connectivity index (χ3v) is 2.51. The van der Waals surface area contributed by atoms with Crippen LogP contribution in [0.4, 0.5) is 0 Å². The van der Waals surface area contributed by atoms with Crippen LogP contribution in [0, 0.1) is 0 Å². The van der Waals surface area contributed by atoms with Crippen molar-refractivity contribution in [1.82, 2.24) is 0 Å². The molecular formula is C9H18O6. The summed E-state index contributed by atoms with van der Waals surface area (Å²) in [5.74, 6) is 0. The van der Waals surface area contributed by atoms with Gasteiger partial charge < -0.3 is 29.2 Å². The molecule has 1 aliphatic heterocycles. The van der Waals surface area contributed by atoms with Gasteiger partial charge in [0.25, 0.3) is 0 Å². The van der Waals surface area contributed by atoms with Crippen molar-refractivity contribution in [2.45, 2.75) is 30.7 Å². The van der Waals surface area contributed by atoms with Crippen LogP contribution < -0.4 is 0 Å². The van der Waals surface area contributed by atoms with Gasteiger partial charge in [-0.3, -0.25) is 0 Å². The van der Waals surface area contributed by atoms with E-state index in [1.54, 1.807) is 0 Å². The Bertz CT molecular complexity index is 185. The molecule has 0 spiro atoms. The van der Waals surface area contributed by atoms with E-state index in [1.165, 1.54) is 21.3 Å². The Kier molecular flexibility index (Phi) is 4.91. The molecule has 1 heterocycles. The molecule has 6 heteroatoms. The number of rotatable bonds is 4. The monoisotopic (exact) mass is 222 g/mol. The predicted molar refractivity (Wildman–Crippen MR) is 50.4 cm³/mol. The molecule has 2 N–H and O–H groups in total. The zero-order chi connectivity index (χ0) is 11.4. The zero-order valence-corrected chi connectivity index (χ0v) is 9.12. The van der Waals surface area contributed by atoms with Gasteiger partial charge in [0, 0.05) is 21.3 Å². The Labute approximate surface area is 88.7 Å². The highest BCUT2D eigenvalue weighted by atomic mass is 16.7. The smallest absolute Gasteiger partial charge is 0.184 e. The number of methoxy groups -OCH3 is 3. The van der Waals surface area contributed by atoms with Crippen molar-refractivity contribution in [2.24, 2.45) is 0 Å². The van der Waals surface area contributed by atoms with Gasteiger partial charge in [0.2, 0.25) is 0 Å². The molecule has 0 saturated carbocycles. The summed E-state index contributed by atoms with van der Waals surface area (Å²) in [4.78, 5) is 0. The highest BCUT2D eigenvalue weighted by molar-refractivity contribution is 4.90. The van der Waals surface area contributed by atoms with Crippen LogP contribution in [0.15, 0.2) is 0 Å². The van der Waals surface area contributed by atoms with E-state index in [0.29, 0.717) is 0 Å². The second-order valence-corrected chi connectivity index (χ2v) is 3.41. The minimum atomic E-state index is -1.17. The van der Waals surface area contributed by atoms with Crippen molar-refractivity contribution in [1.29, 1.82) is 0 Å². The lowest BCUT2D eigenvalue weighted by atomic mass is 9.99. The van der Waals surface area contributed by atoms with Crippen molar-refractivity contribution >= 4 is 0 Å². The van der Waals surface area contributed by atoms with E-state index >= 15 is 0 Å². The number of aliphatic hydroxyl groups excluding tert-OH is 2. The van der Waals surface area contributed by atoms with Crippen LogP contribution in [0.1, 0.15) is 0 Å². The van der Waals surface area contributed by atoms with E-state index in [-0.39, 0.29) is 6.61 Å². The molecule has 90 valence electrons. The molecule has 0 bridgehead atoms. The Morgan fingerprint density at radius 2 is 1.67 bits per heavy atom. The predicted octanol–water partition coefficient (Wildman–Crippen LogP) is -1.26. The Morgan fingerprint density at radius 3 is 2.13 bits per heavy atom. The molecule has 0 aromatic heterocycles. The van der Waals surface area contributed by atoms with Crippen molar-refractivity contribution < 1.29 is 29.2 Å². The van der Waals surface area contributed by atoms with E-state index in [0.717, 1.165) is 0 Å². The molecule has 1 saturated heterocycles. The summed E-state index contributed by atoms with van der Waals surface area (Å²) in [6, 6.07) is 0. The first-order valence-corrected chi connectivity index (χ1v) is 4.71. The third-order valence-electron chi connectivity index (χ3n) is 2.51. The van der Waals surface area contributed by atoms with Crippen LogP contribution >= 0.6 is 0 Å². The van der Waals surface area contributed by atoms with Crippen molar-refractivity contribution in [3.63, 3.8) is 0 Å². The molecule has 0 aromatic rings. The lowest BCUT2D eigenvalue weighted by Crippen LogP contribution is -2.59. The van der Waals surface area contributed by atoms with Gasteiger partial charge in [0.1, 0.15) is 24.4 Å². The molecule has 5 atom stereocenters. The molecule has 15 heavy (non-hydrogen) atoms. The number of ether oxygens (including phenoxy) is 4. The normalized spacial score (nSPS) is 41.8. The molecule has 0 aliphatic carbocycles. The lowest BCUT2D eigenvalue weighted by Gasteiger charge is -2.41. The standard InChI is InChI=1S/C9H18O6/c1-12-4-5-7(13-2)6(10)8(14-3)9(11)15-5/h5-11H,4H2,1-3H3/t5-,6+,7-,8+,9-/m1/s1. The molecule has 1 aliphatic rings. The van der Waals surface area contributed by atoms with Crippen LogP contribution in [0.2, 0.25) is 0 Å². The fourth-order valence-corrected chi connectivity index (χ4v) is 1.75. The maximum Gasteiger partial charge on any atom is 0.184 e. The highest BCUT2D eigenvalue weighted by Gasteiger charge is 2.45. The van der Waals surface area contributed by atoms with Crippen LogP contribution in [0.25, 0.3) is 0 Å². The zero-order valence-electron chi connectivity index (χ0n) is 9.12. The maximum absolute atomic E-state index is 9.85. The van der Waals surface area contributed by atoms with E-state index in [1.807, 2.05) is 0 Å². The van der Waals surface area contributed by atoms with Gasteiger partial charge in [-0.15, -0.1) is 0 Å². The fourth-order valence-electron chi connectivity index (χ4n) is 1.75. The van der Waals surface area contributed by atoms with Gasteiger partial charge in [-0.05, 0) is 0 Å². The summed E-state index contributed by atoms with van der Waals surface area (Å²) in [5.41, 5.74) is 0. The van der Waals surface area contributed by atoms with Crippen LogP contribution in [0.5, 0.6) is 0 Å². The minimum absolute atomic E-state index is 0.239. The van der Waals surface area contributed by atoms with E-state index in [9.17, 15) is 10.2 Å². The van der Waals surface area contributed by atoms with Crippen LogP contribution in [-0.4, -0.2) is 68.9 Å². The summed E-state index contributed by atoms with van der Waals surface area (Å²) in [5, 5.41) is 19.4. The average Bonchev–Trinajstić information content (AvgIpc) is 2.19. The van der Waals surface area contributed by atoms with Crippen molar-refractivity contribution in [3.05, 3.63) is 0 Å². The quantitative estimate of drug-likeness (QED) is 0.618. The Morgan fingerprint density at radius 1 is 1.07 bits per heavy atom. The second kappa shape index (κ2) is 5.74. The first kappa shape index (κ1) is 12.8. The summed E-state index contributed by atoms with van der Waals surface area (Å²) in [7, 11) is 4.37. The van der Waals surface area contributed by atoms with E-state index in [2.05, 4.69) is 0 Å². The molecular weight excluding hydrogens is 204 g/mol. The number of hydrogen-bond acceptors (Lipinski definition) is 6. The lowest BCUT2D eigenvalue weighted by molar-refractivity contribution is -0.296. The van der Waals surface area contributed by atoms with Crippen molar-refractivity contribution in [3.8, 4) is 0 Å². The average molecular weight is 222 g/mol. The fraction of sp³-hybridized carbons (Fsp3) is 1.00. The van der Waals surface area contributed by atoms with Gasteiger partial charge in [0.15, 0.2) is 6.29 Å². The molecule has 6 nitrogen and oxygen atoms in total. The SMILES string of the molecule is COC[C@H]1O[C@@H](O)[C@@H](OC)[C@@H](O)[C@@H]1OC. The largest absolute Gasteiger partial charge is 0.387 e. The summed E-state index contributed by atoms with van der Waals surface area (Å²) >= 11 is 0. The summed E-state index contributed by atoms with van der Waals surface area (Å²) in [6.07, 6.45) is -3.99. The molecule has 1 rings (SSSR count). The molecule has 0 radical (unpaired) electrons. The molecule has 1 fully saturated rings. The molecule has 0 aromatic carbocycles. The highest BCUT2D eigenvalue weighted by Crippen LogP contribution is 2.23. The van der Waals surface area contributed by atoms with Crippen LogP contribution in [0.3, 0.4) is 0 Å². The third kappa shape index (κ3) is 2.66. The second-order valence-electron chi connectivity index (χ2n) is 3.41. The Balaban J connectivity index is 2.70. The minimum Gasteiger partial charge on any atom is -0.387 e. The van der Waals surface area contributed by atoms with Gasteiger partial charge in [-0.25, -0.2) is 0 Å². The number of aliphatic hydroxyl groups is 2. The Hall–Kier alpha value is -0.240. The number of hydrogen-bond donors (Lipinski definition) is 2. The summed E-state index contributed by atoms with van der Waals surface area (Å²) in [6.45, 7) is 0.239. The van der Waals surface area contributed by atoms with E-state index in [4.69, 9.17) is 18.9 Å². The van der Waals surface area contributed by atoms with Gasteiger partial charge in [0.05, 0.1) is 6.61 Å². The van der Waals surface area contributed by atoms with Gasteiger partial charge in [-0.2, -0.15) is 0 Å². The topological polar surface area (TPSA) is 77.4 Å².